The molecular formula is C13H19NO6. The van der Waals surface area contributed by atoms with Crippen molar-refractivity contribution >= 4 is 5.97 Å². The van der Waals surface area contributed by atoms with Gasteiger partial charge in [-0.3, -0.25) is 4.79 Å². The third kappa shape index (κ3) is 3.18. The van der Waals surface area contributed by atoms with Crippen LogP contribution in [0.3, 0.4) is 0 Å². The summed E-state index contributed by atoms with van der Waals surface area (Å²) in [6, 6.07) is 0. The summed E-state index contributed by atoms with van der Waals surface area (Å²) in [5.74, 6) is -0.473. The molecule has 0 aromatic heterocycles. The Morgan fingerprint density at radius 1 is 1.50 bits per heavy atom. The summed E-state index contributed by atoms with van der Waals surface area (Å²) in [5, 5.41) is 29.1. The number of esters is 1. The predicted octanol–water partition coefficient (Wildman–Crippen LogP) is -0.908. The van der Waals surface area contributed by atoms with E-state index in [1.54, 1.807) is 17.3 Å². The Kier molecular flexibility index (Phi) is 4.77. The van der Waals surface area contributed by atoms with E-state index in [1.165, 1.54) is 6.92 Å². The number of hydrogen-bond acceptors (Lipinski definition) is 7. The Hall–Kier alpha value is -1.41. The molecule has 3 N–H and O–H groups in total. The largest absolute Gasteiger partial charge is 0.463 e. The number of rotatable bonds is 4. The van der Waals surface area contributed by atoms with Crippen molar-refractivity contribution in [3.05, 3.63) is 24.0 Å². The average molecular weight is 285 g/mol. The lowest BCUT2D eigenvalue weighted by molar-refractivity contribution is -0.147. The number of ether oxygens (including phenoxy) is 2. The molecule has 2 rings (SSSR count). The molecule has 20 heavy (non-hydrogen) atoms. The SMILES string of the molecule is CC(=O)OC[C@H]1O[C@@H](N2C=CCC(CO)=C2)[C@H](O)[C@@H]1O. The summed E-state index contributed by atoms with van der Waals surface area (Å²) in [4.78, 5) is 12.4. The van der Waals surface area contributed by atoms with Crippen molar-refractivity contribution in [1.29, 1.82) is 0 Å². The maximum absolute atomic E-state index is 10.8. The smallest absolute Gasteiger partial charge is 0.302 e. The van der Waals surface area contributed by atoms with Crippen LogP contribution in [0.5, 0.6) is 0 Å². The molecule has 0 saturated carbocycles. The van der Waals surface area contributed by atoms with Gasteiger partial charge in [0.2, 0.25) is 0 Å². The summed E-state index contributed by atoms with van der Waals surface area (Å²) in [5.41, 5.74) is 0.779. The molecular weight excluding hydrogens is 266 g/mol. The highest BCUT2D eigenvalue weighted by Gasteiger charge is 2.45. The maximum atomic E-state index is 10.8. The summed E-state index contributed by atoms with van der Waals surface area (Å²) in [7, 11) is 0. The van der Waals surface area contributed by atoms with Crippen molar-refractivity contribution < 1.29 is 29.6 Å². The van der Waals surface area contributed by atoms with Crippen LogP contribution in [-0.4, -0.2) is 63.9 Å². The number of carbonyl (C=O) groups excluding carboxylic acids is 1. The van der Waals surface area contributed by atoms with Crippen molar-refractivity contribution in [2.45, 2.75) is 37.9 Å². The number of nitrogens with zero attached hydrogens (tertiary/aromatic N) is 1. The van der Waals surface area contributed by atoms with Gasteiger partial charge in [0.15, 0.2) is 6.23 Å². The number of carbonyl (C=O) groups is 1. The topological polar surface area (TPSA) is 99.5 Å². The number of aliphatic hydroxyl groups excluding tert-OH is 3. The molecule has 1 fully saturated rings. The first-order chi connectivity index (χ1) is 9.52. The van der Waals surface area contributed by atoms with Crippen LogP contribution in [0.1, 0.15) is 13.3 Å². The lowest BCUT2D eigenvalue weighted by Crippen LogP contribution is -2.40. The molecule has 0 bridgehead atoms. The molecule has 2 aliphatic rings. The quantitative estimate of drug-likeness (QED) is 0.575. The van der Waals surface area contributed by atoms with E-state index in [0.717, 1.165) is 5.57 Å². The molecule has 0 aromatic rings. The molecule has 112 valence electrons. The van der Waals surface area contributed by atoms with Gasteiger partial charge >= 0.3 is 5.97 Å². The van der Waals surface area contributed by atoms with Crippen LogP contribution in [0.15, 0.2) is 24.0 Å². The average Bonchev–Trinajstić information content (AvgIpc) is 2.73. The highest BCUT2D eigenvalue weighted by molar-refractivity contribution is 5.65. The fourth-order valence-electron chi connectivity index (χ4n) is 2.21. The van der Waals surface area contributed by atoms with Crippen LogP contribution in [0.2, 0.25) is 0 Å². The molecule has 0 amide bonds. The molecule has 2 aliphatic heterocycles. The summed E-state index contributed by atoms with van der Waals surface area (Å²) in [6.45, 7) is 1.07. The summed E-state index contributed by atoms with van der Waals surface area (Å²) >= 11 is 0. The molecule has 2 heterocycles. The van der Waals surface area contributed by atoms with E-state index in [0.29, 0.717) is 6.42 Å². The Balaban J connectivity index is 2.02. The molecule has 0 radical (unpaired) electrons. The highest BCUT2D eigenvalue weighted by Crippen LogP contribution is 2.27. The van der Waals surface area contributed by atoms with E-state index >= 15 is 0 Å². The first kappa shape index (κ1) is 15.0. The number of aliphatic hydroxyl groups is 3. The molecule has 0 aromatic carbocycles. The van der Waals surface area contributed by atoms with Crippen LogP contribution in [0.25, 0.3) is 0 Å². The molecule has 4 atom stereocenters. The lowest BCUT2D eigenvalue weighted by atomic mass is 10.1. The third-order valence-corrected chi connectivity index (χ3v) is 3.27. The molecule has 1 saturated heterocycles. The Morgan fingerprint density at radius 3 is 2.90 bits per heavy atom. The fourth-order valence-corrected chi connectivity index (χ4v) is 2.21. The van der Waals surface area contributed by atoms with Gasteiger partial charge in [0.1, 0.15) is 24.9 Å². The van der Waals surface area contributed by atoms with Gasteiger partial charge in [-0.2, -0.15) is 0 Å². The maximum Gasteiger partial charge on any atom is 0.302 e. The second-order valence-electron chi connectivity index (χ2n) is 4.83. The van der Waals surface area contributed by atoms with Crippen LogP contribution < -0.4 is 0 Å². The minimum absolute atomic E-state index is 0.0803. The Morgan fingerprint density at radius 2 is 2.25 bits per heavy atom. The van der Waals surface area contributed by atoms with Gasteiger partial charge in [-0.05, 0) is 12.0 Å². The second-order valence-corrected chi connectivity index (χ2v) is 4.83. The van der Waals surface area contributed by atoms with E-state index < -0.39 is 30.5 Å². The minimum Gasteiger partial charge on any atom is -0.463 e. The first-order valence-corrected chi connectivity index (χ1v) is 6.42. The van der Waals surface area contributed by atoms with Gasteiger partial charge in [-0.25, -0.2) is 0 Å². The molecule has 0 unspecified atom stereocenters. The van der Waals surface area contributed by atoms with E-state index in [1.807, 2.05) is 6.08 Å². The highest BCUT2D eigenvalue weighted by atomic mass is 16.6. The molecule has 7 nitrogen and oxygen atoms in total. The van der Waals surface area contributed by atoms with E-state index in [-0.39, 0.29) is 13.2 Å². The van der Waals surface area contributed by atoms with Crippen molar-refractivity contribution in [2.75, 3.05) is 13.2 Å². The van der Waals surface area contributed by atoms with Crippen molar-refractivity contribution in [1.82, 2.24) is 4.90 Å². The molecule has 0 aliphatic carbocycles. The van der Waals surface area contributed by atoms with Gasteiger partial charge in [0.05, 0.1) is 6.61 Å². The Labute approximate surface area is 116 Å². The molecule has 0 spiro atoms. The van der Waals surface area contributed by atoms with Crippen LogP contribution >= 0.6 is 0 Å². The predicted molar refractivity (Wildman–Crippen MR) is 68.1 cm³/mol. The van der Waals surface area contributed by atoms with Crippen LogP contribution in [0.4, 0.5) is 0 Å². The monoisotopic (exact) mass is 285 g/mol. The third-order valence-electron chi connectivity index (χ3n) is 3.27. The normalized spacial score (nSPS) is 33.2. The van der Waals surface area contributed by atoms with Crippen molar-refractivity contribution in [2.24, 2.45) is 0 Å². The zero-order valence-corrected chi connectivity index (χ0v) is 11.2. The zero-order valence-electron chi connectivity index (χ0n) is 11.2. The standard InChI is InChI=1S/C13H19NO6/c1-8(16)19-7-10-11(17)12(18)13(20-10)14-4-2-3-9(5-14)6-15/h2,4-5,10-13,15,17-18H,3,6-7H2,1H3/t10-,11-,12-,13-/m1/s1. The van der Waals surface area contributed by atoms with E-state index in [2.05, 4.69) is 0 Å². The number of allylic oxidation sites excluding steroid dienone is 1. The first-order valence-electron chi connectivity index (χ1n) is 6.42. The van der Waals surface area contributed by atoms with Gasteiger partial charge in [-0.1, -0.05) is 6.08 Å². The van der Waals surface area contributed by atoms with Crippen molar-refractivity contribution in [3.8, 4) is 0 Å². The summed E-state index contributed by atoms with van der Waals surface area (Å²) in [6.07, 6.45) is 2.03. The van der Waals surface area contributed by atoms with E-state index in [9.17, 15) is 15.0 Å². The molecule has 7 heteroatoms. The van der Waals surface area contributed by atoms with Crippen LogP contribution in [-0.2, 0) is 14.3 Å². The van der Waals surface area contributed by atoms with Gasteiger partial charge < -0.3 is 29.7 Å². The van der Waals surface area contributed by atoms with Crippen molar-refractivity contribution in [3.63, 3.8) is 0 Å². The minimum atomic E-state index is -1.14. The van der Waals surface area contributed by atoms with Gasteiger partial charge in [-0.15, -0.1) is 0 Å². The van der Waals surface area contributed by atoms with Gasteiger partial charge in [0.25, 0.3) is 0 Å². The van der Waals surface area contributed by atoms with E-state index in [4.69, 9.17) is 14.6 Å². The summed E-state index contributed by atoms with van der Waals surface area (Å²) < 4.78 is 10.3. The van der Waals surface area contributed by atoms with Crippen LogP contribution in [0, 0.1) is 0 Å². The Bertz CT molecular complexity index is 421. The van der Waals surface area contributed by atoms with Gasteiger partial charge in [0, 0.05) is 19.3 Å². The number of hydrogen-bond donors (Lipinski definition) is 3. The second kappa shape index (κ2) is 6.36. The lowest BCUT2D eigenvalue weighted by Gasteiger charge is -2.28. The fraction of sp³-hybridized carbons (Fsp3) is 0.615. The zero-order chi connectivity index (χ0) is 14.7.